The van der Waals surface area contributed by atoms with E-state index in [0.29, 0.717) is 0 Å². The van der Waals surface area contributed by atoms with Crippen LogP contribution in [0.25, 0.3) is 6.08 Å². The standard InChI is InChI=1S/C11H18N4O/c1-5-15(4)11-9(2)10(13-8-14-11)6-7-16-12-3/h6-8,12H,5H2,1-4H3/b7-6+. The van der Waals surface area contributed by atoms with Gasteiger partial charge in [0, 0.05) is 32.3 Å². The first kappa shape index (κ1) is 12.4. The molecule has 0 fully saturated rings. The van der Waals surface area contributed by atoms with E-state index in [0.717, 1.165) is 23.6 Å². The second kappa shape index (κ2) is 6.07. The predicted octanol–water partition coefficient (Wildman–Crippen LogP) is 1.36. The number of rotatable bonds is 5. The molecule has 16 heavy (non-hydrogen) atoms. The molecule has 5 heteroatoms. The van der Waals surface area contributed by atoms with Gasteiger partial charge in [0.05, 0.1) is 5.69 Å². The van der Waals surface area contributed by atoms with Gasteiger partial charge in [-0.1, -0.05) is 0 Å². The molecule has 1 rings (SSSR count). The molecule has 1 N–H and O–H groups in total. The first-order valence-electron chi connectivity index (χ1n) is 5.22. The molecule has 88 valence electrons. The number of hydrogen-bond acceptors (Lipinski definition) is 5. The third kappa shape index (κ3) is 2.93. The highest BCUT2D eigenvalue weighted by atomic mass is 16.6. The van der Waals surface area contributed by atoms with Gasteiger partial charge in [-0.25, -0.2) is 9.97 Å². The van der Waals surface area contributed by atoms with Crippen molar-refractivity contribution in [3.05, 3.63) is 23.8 Å². The Hall–Kier alpha value is -1.62. The smallest absolute Gasteiger partial charge is 0.135 e. The van der Waals surface area contributed by atoms with Gasteiger partial charge in [-0.05, 0) is 13.8 Å². The molecule has 0 aliphatic rings. The Morgan fingerprint density at radius 3 is 2.88 bits per heavy atom. The van der Waals surface area contributed by atoms with Crippen molar-refractivity contribution in [2.24, 2.45) is 0 Å². The summed E-state index contributed by atoms with van der Waals surface area (Å²) in [6.45, 7) is 5.00. The average molecular weight is 222 g/mol. The van der Waals surface area contributed by atoms with Gasteiger partial charge < -0.3 is 9.74 Å². The number of nitrogens with one attached hydrogen (secondary N) is 1. The van der Waals surface area contributed by atoms with Crippen LogP contribution in [0, 0.1) is 6.92 Å². The molecule has 0 amide bonds. The van der Waals surface area contributed by atoms with Crippen molar-refractivity contribution < 1.29 is 4.84 Å². The SMILES string of the molecule is CCN(C)c1ncnc(/C=C/ONC)c1C. The van der Waals surface area contributed by atoms with Gasteiger partial charge in [0.25, 0.3) is 0 Å². The summed E-state index contributed by atoms with van der Waals surface area (Å²) in [7, 11) is 3.71. The van der Waals surface area contributed by atoms with Crippen LogP contribution in [0.15, 0.2) is 12.6 Å². The Balaban J connectivity index is 2.94. The van der Waals surface area contributed by atoms with E-state index in [4.69, 9.17) is 4.84 Å². The van der Waals surface area contributed by atoms with Crippen molar-refractivity contribution in [1.29, 1.82) is 0 Å². The summed E-state index contributed by atoms with van der Waals surface area (Å²) in [4.78, 5) is 15.4. The largest absolute Gasteiger partial charge is 0.417 e. The van der Waals surface area contributed by atoms with Crippen molar-refractivity contribution in [3.63, 3.8) is 0 Å². The number of hydroxylamine groups is 1. The van der Waals surface area contributed by atoms with Crippen LogP contribution in [0.3, 0.4) is 0 Å². The summed E-state index contributed by atoms with van der Waals surface area (Å²) < 4.78 is 0. The maximum Gasteiger partial charge on any atom is 0.135 e. The zero-order valence-corrected chi connectivity index (χ0v) is 10.2. The molecule has 0 radical (unpaired) electrons. The fourth-order valence-electron chi connectivity index (χ4n) is 1.32. The molecule has 0 bridgehead atoms. The maximum atomic E-state index is 4.91. The highest BCUT2D eigenvalue weighted by Gasteiger charge is 2.07. The van der Waals surface area contributed by atoms with E-state index in [1.54, 1.807) is 25.7 Å². The van der Waals surface area contributed by atoms with Crippen LogP contribution in [0.2, 0.25) is 0 Å². The van der Waals surface area contributed by atoms with Gasteiger partial charge in [-0.3, -0.25) is 0 Å². The zero-order valence-electron chi connectivity index (χ0n) is 10.2. The Kier molecular flexibility index (Phi) is 4.72. The quantitative estimate of drug-likeness (QED) is 0.602. The minimum Gasteiger partial charge on any atom is -0.417 e. The monoisotopic (exact) mass is 222 g/mol. The fraction of sp³-hybridized carbons (Fsp3) is 0.455. The third-order valence-electron chi connectivity index (χ3n) is 2.34. The third-order valence-corrected chi connectivity index (χ3v) is 2.34. The summed E-state index contributed by atoms with van der Waals surface area (Å²) in [5.41, 5.74) is 4.47. The summed E-state index contributed by atoms with van der Waals surface area (Å²) in [6.07, 6.45) is 4.93. The Morgan fingerprint density at radius 2 is 2.25 bits per heavy atom. The van der Waals surface area contributed by atoms with Crippen LogP contribution >= 0.6 is 0 Å². The molecular formula is C11H18N4O. The number of anilines is 1. The Bertz CT molecular complexity index is 365. The Labute approximate surface area is 96.1 Å². The van der Waals surface area contributed by atoms with Crippen LogP contribution in [0.1, 0.15) is 18.2 Å². The molecule has 0 spiro atoms. The fourth-order valence-corrected chi connectivity index (χ4v) is 1.32. The van der Waals surface area contributed by atoms with Crippen LogP contribution < -0.4 is 10.4 Å². The summed E-state index contributed by atoms with van der Waals surface area (Å²) >= 11 is 0. The van der Waals surface area contributed by atoms with Crippen LogP contribution in [-0.4, -0.2) is 30.6 Å². The molecule has 1 heterocycles. The lowest BCUT2D eigenvalue weighted by molar-refractivity contribution is 0.161. The second-order valence-corrected chi connectivity index (χ2v) is 3.35. The molecule has 1 aromatic rings. The van der Waals surface area contributed by atoms with Gasteiger partial charge in [-0.2, -0.15) is 5.48 Å². The number of hydrogen-bond donors (Lipinski definition) is 1. The normalized spacial score (nSPS) is 10.8. The molecule has 0 aliphatic carbocycles. The number of aromatic nitrogens is 2. The topological polar surface area (TPSA) is 50.3 Å². The average Bonchev–Trinajstić information content (AvgIpc) is 2.30. The molecule has 5 nitrogen and oxygen atoms in total. The van der Waals surface area contributed by atoms with Gasteiger partial charge in [-0.15, -0.1) is 0 Å². The van der Waals surface area contributed by atoms with Gasteiger partial charge in [0.1, 0.15) is 18.4 Å². The number of nitrogens with zero attached hydrogens (tertiary/aromatic N) is 3. The van der Waals surface area contributed by atoms with Crippen LogP contribution in [-0.2, 0) is 4.84 Å². The molecule has 0 saturated carbocycles. The van der Waals surface area contributed by atoms with E-state index in [9.17, 15) is 0 Å². The van der Waals surface area contributed by atoms with Crippen molar-refractivity contribution in [3.8, 4) is 0 Å². The molecule has 0 aliphatic heterocycles. The predicted molar refractivity (Wildman–Crippen MR) is 64.9 cm³/mol. The maximum absolute atomic E-state index is 4.91. The van der Waals surface area contributed by atoms with E-state index in [1.165, 1.54) is 0 Å². The second-order valence-electron chi connectivity index (χ2n) is 3.35. The van der Waals surface area contributed by atoms with Crippen molar-refractivity contribution in [2.75, 3.05) is 25.5 Å². The summed E-state index contributed by atoms with van der Waals surface area (Å²) in [6, 6.07) is 0. The first-order valence-corrected chi connectivity index (χ1v) is 5.22. The van der Waals surface area contributed by atoms with E-state index >= 15 is 0 Å². The van der Waals surface area contributed by atoms with Crippen molar-refractivity contribution in [1.82, 2.24) is 15.4 Å². The van der Waals surface area contributed by atoms with Gasteiger partial charge in [0.2, 0.25) is 0 Å². The van der Waals surface area contributed by atoms with Gasteiger partial charge >= 0.3 is 0 Å². The van der Waals surface area contributed by atoms with Gasteiger partial charge in [0.15, 0.2) is 0 Å². The lowest BCUT2D eigenvalue weighted by atomic mass is 10.2. The molecular weight excluding hydrogens is 204 g/mol. The molecule has 0 atom stereocenters. The minimum absolute atomic E-state index is 0.862. The van der Waals surface area contributed by atoms with Crippen molar-refractivity contribution in [2.45, 2.75) is 13.8 Å². The zero-order chi connectivity index (χ0) is 12.0. The van der Waals surface area contributed by atoms with E-state index < -0.39 is 0 Å². The van der Waals surface area contributed by atoms with E-state index in [1.807, 2.05) is 14.0 Å². The minimum atomic E-state index is 0.862. The highest BCUT2D eigenvalue weighted by molar-refractivity contribution is 5.57. The molecule has 0 saturated heterocycles. The van der Waals surface area contributed by atoms with Crippen LogP contribution in [0.5, 0.6) is 0 Å². The Morgan fingerprint density at radius 1 is 1.50 bits per heavy atom. The lowest BCUT2D eigenvalue weighted by Gasteiger charge is -2.18. The first-order chi connectivity index (χ1) is 7.70. The molecule has 0 unspecified atom stereocenters. The molecule has 0 aromatic carbocycles. The van der Waals surface area contributed by atoms with E-state index in [2.05, 4.69) is 27.3 Å². The van der Waals surface area contributed by atoms with Crippen LogP contribution in [0.4, 0.5) is 5.82 Å². The lowest BCUT2D eigenvalue weighted by Crippen LogP contribution is -2.19. The summed E-state index contributed by atoms with van der Waals surface area (Å²) in [5, 5.41) is 0. The van der Waals surface area contributed by atoms with Crippen molar-refractivity contribution >= 4 is 11.9 Å². The van der Waals surface area contributed by atoms with E-state index in [-0.39, 0.29) is 0 Å². The summed E-state index contributed by atoms with van der Waals surface area (Å²) in [5.74, 6) is 0.946. The molecule has 1 aromatic heterocycles. The highest BCUT2D eigenvalue weighted by Crippen LogP contribution is 2.17.